The van der Waals surface area contributed by atoms with Crippen LogP contribution in [-0.4, -0.2) is 49.6 Å². The monoisotopic (exact) mass is 461 g/mol. The van der Waals surface area contributed by atoms with Crippen LogP contribution < -0.4 is 9.64 Å². The molecule has 1 amide bonds. The average molecular weight is 462 g/mol. The van der Waals surface area contributed by atoms with Gasteiger partial charge in [0.15, 0.2) is 5.13 Å². The summed E-state index contributed by atoms with van der Waals surface area (Å²) in [7, 11) is 4.10. The topological polar surface area (TPSA) is 45.7 Å². The van der Waals surface area contributed by atoms with Crippen molar-refractivity contribution >= 4 is 45.0 Å². The van der Waals surface area contributed by atoms with Gasteiger partial charge in [-0.3, -0.25) is 9.69 Å². The number of para-hydroxylation sites is 1. The van der Waals surface area contributed by atoms with Gasteiger partial charge in [-0.2, -0.15) is 0 Å². The number of amides is 1. The average Bonchev–Trinajstić information content (AvgIpc) is 3.13. The van der Waals surface area contributed by atoms with Gasteiger partial charge in [0.25, 0.3) is 0 Å². The van der Waals surface area contributed by atoms with Crippen molar-refractivity contribution in [2.24, 2.45) is 0 Å². The molecule has 0 spiro atoms. The van der Waals surface area contributed by atoms with Gasteiger partial charge < -0.3 is 9.64 Å². The van der Waals surface area contributed by atoms with Crippen LogP contribution in [0.3, 0.4) is 0 Å². The fourth-order valence-corrected chi connectivity index (χ4v) is 4.38. The normalized spacial score (nSPS) is 10.9. The number of halogens is 1. The van der Waals surface area contributed by atoms with Crippen molar-refractivity contribution in [3.63, 3.8) is 0 Å². The summed E-state index contributed by atoms with van der Waals surface area (Å²) in [6, 6.07) is 12.2. The highest BCUT2D eigenvalue weighted by atomic mass is 35.5. The Balaban J connectivity index is 0.00000341. The lowest BCUT2D eigenvalue weighted by Gasteiger charge is -2.21. The molecule has 0 unspecified atom stereocenters. The molecule has 0 saturated carbocycles. The van der Waals surface area contributed by atoms with E-state index in [0.717, 1.165) is 39.6 Å². The van der Waals surface area contributed by atoms with E-state index in [1.54, 1.807) is 11.3 Å². The first-order valence-corrected chi connectivity index (χ1v) is 11.2. The molecule has 1 heterocycles. The summed E-state index contributed by atoms with van der Waals surface area (Å²) >= 11 is 1.55. The summed E-state index contributed by atoms with van der Waals surface area (Å²) in [6.45, 7) is 8.29. The highest BCUT2D eigenvalue weighted by molar-refractivity contribution is 7.22. The SMILES string of the molecule is CCOc1cccc2sc(N(CCCN(C)C)C(=O)Cc3ccc(C)c(C)c3)nc12.Cl. The first-order chi connectivity index (χ1) is 14.4. The van der Waals surface area contributed by atoms with Gasteiger partial charge >= 0.3 is 0 Å². The van der Waals surface area contributed by atoms with Gasteiger partial charge in [-0.25, -0.2) is 4.98 Å². The van der Waals surface area contributed by atoms with E-state index in [4.69, 9.17) is 9.72 Å². The molecule has 2 aromatic carbocycles. The molecule has 31 heavy (non-hydrogen) atoms. The number of hydrogen-bond acceptors (Lipinski definition) is 5. The summed E-state index contributed by atoms with van der Waals surface area (Å²) in [5.41, 5.74) is 4.32. The number of fused-ring (bicyclic) bond motifs is 1. The van der Waals surface area contributed by atoms with Crippen molar-refractivity contribution in [3.05, 3.63) is 53.1 Å². The first kappa shape index (κ1) is 25.1. The lowest BCUT2D eigenvalue weighted by molar-refractivity contribution is -0.118. The second-order valence-electron chi connectivity index (χ2n) is 7.83. The molecule has 0 atom stereocenters. The van der Waals surface area contributed by atoms with Gasteiger partial charge in [-0.05, 0) is 76.7 Å². The molecule has 3 rings (SSSR count). The Morgan fingerprint density at radius 2 is 1.87 bits per heavy atom. The molecule has 0 aliphatic carbocycles. The molecule has 1 aromatic heterocycles. The van der Waals surface area contributed by atoms with E-state index in [2.05, 4.69) is 30.9 Å². The summed E-state index contributed by atoms with van der Waals surface area (Å²) in [5.74, 6) is 0.848. The number of aryl methyl sites for hydroxylation is 2. The maximum absolute atomic E-state index is 13.3. The lowest BCUT2D eigenvalue weighted by atomic mass is 10.0. The number of thiazole rings is 1. The van der Waals surface area contributed by atoms with Gasteiger partial charge in [-0.15, -0.1) is 12.4 Å². The Bertz CT molecular complexity index is 1020. The summed E-state index contributed by atoms with van der Waals surface area (Å²) in [4.78, 5) is 22.1. The quantitative estimate of drug-likeness (QED) is 0.436. The van der Waals surface area contributed by atoms with Crippen molar-refractivity contribution in [3.8, 4) is 5.75 Å². The molecule has 0 saturated heterocycles. The van der Waals surface area contributed by atoms with Gasteiger partial charge in [0.2, 0.25) is 5.91 Å². The van der Waals surface area contributed by atoms with E-state index in [-0.39, 0.29) is 18.3 Å². The van der Waals surface area contributed by atoms with E-state index in [0.29, 0.717) is 19.6 Å². The van der Waals surface area contributed by atoms with E-state index in [1.165, 1.54) is 11.1 Å². The molecule has 0 aliphatic heterocycles. The molecule has 7 heteroatoms. The third-order valence-electron chi connectivity index (χ3n) is 5.12. The number of nitrogens with zero attached hydrogens (tertiary/aromatic N) is 3. The van der Waals surface area contributed by atoms with Crippen LogP contribution in [0.25, 0.3) is 10.2 Å². The minimum absolute atomic E-state index is 0. The predicted molar refractivity (Wildman–Crippen MR) is 133 cm³/mol. The maximum atomic E-state index is 13.3. The number of benzene rings is 2. The molecule has 168 valence electrons. The molecule has 3 aromatic rings. The number of ether oxygens (including phenoxy) is 1. The van der Waals surface area contributed by atoms with Crippen LogP contribution in [0.5, 0.6) is 5.75 Å². The highest BCUT2D eigenvalue weighted by Gasteiger charge is 2.21. The van der Waals surface area contributed by atoms with Crippen LogP contribution in [0.1, 0.15) is 30.0 Å². The molecule has 0 aliphatic rings. The van der Waals surface area contributed by atoms with Gasteiger partial charge in [-0.1, -0.05) is 35.6 Å². The van der Waals surface area contributed by atoms with Crippen LogP contribution in [0.15, 0.2) is 36.4 Å². The summed E-state index contributed by atoms with van der Waals surface area (Å²) < 4.78 is 6.77. The van der Waals surface area contributed by atoms with E-state index in [1.807, 2.05) is 50.2 Å². The van der Waals surface area contributed by atoms with Gasteiger partial charge in [0.1, 0.15) is 11.3 Å². The zero-order chi connectivity index (χ0) is 21.7. The Kier molecular flexibility index (Phi) is 9.29. The fourth-order valence-electron chi connectivity index (χ4n) is 3.35. The van der Waals surface area contributed by atoms with Crippen LogP contribution in [-0.2, 0) is 11.2 Å². The third-order valence-corrected chi connectivity index (χ3v) is 6.16. The standard InChI is InChI=1S/C24H31N3O2S.ClH/c1-6-29-20-9-7-10-21-23(20)25-24(30-21)27(14-8-13-26(4)5)22(28)16-19-12-11-17(2)18(3)15-19;/h7,9-12,15H,6,8,13-14,16H2,1-5H3;1H. The number of carbonyl (C=O) groups excluding carboxylic acids is 1. The smallest absolute Gasteiger partial charge is 0.233 e. The van der Waals surface area contributed by atoms with E-state index >= 15 is 0 Å². The summed E-state index contributed by atoms with van der Waals surface area (Å²) in [5, 5.41) is 0.741. The van der Waals surface area contributed by atoms with Crippen molar-refractivity contribution in [2.75, 3.05) is 38.7 Å². The van der Waals surface area contributed by atoms with Crippen molar-refractivity contribution in [1.29, 1.82) is 0 Å². The second-order valence-corrected chi connectivity index (χ2v) is 8.84. The first-order valence-electron chi connectivity index (χ1n) is 10.4. The molecular formula is C24H32ClN3O2S. The van der Waals surface area contributed by atoms with Crippen LogP contribution in [0, 0.1) is 13.8 Å². The zero-order valence-electron chi connectivity index (χ0n) is 19.0. The molecule has 0 radical (unpaired) electrons. The fraction of sp³-hybridized carbons (Fsp3) is 0.417. The highest BCUT2D eigenvalue weighted by Crippen LogP contribution is 2.34. The van der Waals surface area contributed by atoms with Gasteiger partial charge in [0.05, 0.1) is 17.7 Å². The Morgan fingerprint density at radius 1 is 1.10 bits per heavy atom. The van der Waals surface area contributed by atoms with Crippen LogP contribution in [0.2, 0.25) is 0 Å². The Labute approximate surface area is 195 Å². The van der Waals surface area contributed by atoms with E-state index < -0.39 is 0 Å². The minimum atomic E-state index is 0. The minimum Gasteiger partial charge on any atom is -0.492 e. The molecule has 5 nitrogen and oxygen atoms in total. The molecule has 0 bridgehead atoms. The molecular weight excluding hydrogens is 430 g/mol. The van der Waals surface area contributed by atoms with E-state index in [9.17, 15) is 4.79 Å². The zero-order valence-corrected chi connectivity index (χ0v) is 20.6. The summed E-state index contributed by atoms with van der Waals surface area (Å²) in [6.07, 6.45) is 1.26. The number of anilines is 1. The number of aromatic nitrogens is 1. The molecule has 0 N–H and O–H groups in total. The maximum Gasteiger partial charge on any atom is 0.233 e. The Hall–Kier alpha value is -2.15. The number of hydrogen-bond donors (Lipinski definition) is 0. The lowest BCUT2D eigenvalue weighted by Crippen LogP contribution is -2.34. The van der Waals surface area contributed by atoms with Crippen molar-refractivity contribution in [1.82, 2.24) is 9.88 Å². The largest absolute Gasteiger partial charge is 0.492 e. The molecule has 0 fully saturated rings. The Morgan fingerprint density at radius 3 is 2.55 bits per heavy atom. The number of carbonyl (C=O) groups is 1. The van der Waals surface area contributed by atoms with Crippen molar-refractivity contribution in [2.45, 2.75) is 33.6 Å². The predicted octanol–water partition coefficient (Wildman–Crippen LogP) is 5.26. The van der Waals surface area contributed by atoms with Crippen LogP contribution >= 0.6 is 23.7 Å². The van der Waals surface area contributed by atoms with Gasteiger partial charge in [0, 0.05) is 6.54 Å². The third kappa shape index (κ3) is 6.42. The van der Waals surface area contributed by atoms with Crippen molar-refractivity contribution < 1.29 is 9.53 Å². The van der Waals surface area contributed by atoms with Crippen LogP contribution in [0.4, 0.5) is 5.13 Å². The number of rotatable bonds is 9. The second kappa shape index (κ2) is 11.5.